The first-order valence-corrected chi connectivity index (χ1v) is 8.75. The van der Waals surface area contributed by atoms with E-state index in [-0.39, 0.29) is 5.91 Å². The highest BCUT2D eigenvalue weighted by Gasteiger charge is 2.20. The van der Waals surface area contributed by atoms with Crippen molar-refractivity contribution < 1.29 is 9.32 Å². The van der Waals surface area contributed by atoms with E-state index in [1.165, 1.54) is 5.56 Å². The summed E-state index contributed by atoms with van der Waals surface area (Å²) >= 11 is 0. The fourth-order valence-corrected chi connectivity index (χ4v) is 2.89. The highest BCUT2D eigenvalue weighted by atomic mass is 16.5. The summed E-state index contributed by atoms with van der Waals surface area (Å²) in [5, 5.41) is 6.92. The van der Waals surface area contributed by atoms with Crippen molar-refractivity contribution in [3.8, 4) is 11.4 Å². The predicted molar refractivity (Wildman–Crippen MR) is 94.9 cm³/mol. The molecule has 1 aliphatic heterocycles. The fourth-order valence-electron chi connectivity index (χ4n) is 2.89. The molecule has 25 heavy (non-hydrogen) atoms. The van der Waals surface area contributed by atoms with Crippen LogP contribution in [0.25, 0.3) is 11.4 Å². The number of rotatable bonds is 6. The Morgan fingerprint density at radius 1 is 1.16 bits per heavy atom. The van der Waals surface area contributed by atoms with E-state index >= 15 is 0 Å². The molecule has 3 rings (SSSR count). The van der Waals surface area contributed by atoms with Crippen LogP contribution in [-0.4, -0.2) is 65.1 Å². The van der Waals surface area contributed by atoms with Crippen molar-refractivity contribution >= 4 is 5.91 Å². The van der Waals surface area contributed by atoms with E-state index in [0.717, 1.165) is 31.7 Å². The lowest BCUT2D eigenvalue weighted by Crippen LogP contribution is -2.49. The molecule has 0 radical (unpaired) electrons. The molecular formula is C18H25N5O2. The third kappa shape index (κ3) is 4.87. The van der Waals surface area contributed by atoms with Crippen molar-refractivity contribution in [1.29, 1.82) is 0 Å². The standard InChI is InChI=1S/C18H25N5O2/c1-3-19-16(24)12-22-8-10-23(11-9-22)13-17-20-18(21-25-17)15-6-4-14(2)5-7-15/h4-7H,3,8-13H2,1-2H3,(H,19,24). The van der Waals surface area contributed by atoms with E-state index in [0.29, 0.717) is 31.3 Å². The van der Waals surface area contributed by atoms with E-state index < -0.39 is 0 Å². The van der Waals surface area contributed by atoms with Gasteiger partial charge in [0.15, 0.2) is 0 Å². The average Bonchev–Trinajstić information content (AvgIpc) is 3.06. The maximum absolute atomic E-state index is 11.6. The van der Waals surface area contributed by atoms with Crippen molar-refractivity contribution in [3.63, 3.8) is 0 Å². The second-order valence-corrected chi connectivity index (χ2v) is 6.38. The van der Waals surface area contributed by atoms with Gasteiger partial charge >= 0.3 is 0 Å². The van der Waals surface area contributed by atoms with Gasteiger partial charge in [0.2, 0.25) is 17.6 Å². The van der Waals surface area contributed by atoms with Gasteiger partial charge in [-0.2, -0.15) is 4.98 Å². The molecule has 7 nitrogen and oxygen atoms in total. The van der Waals surface area contributed by atoms with Crippen molar-refractivity contribution in [1.82, 2.24) is 25.3 Å². The minimum Gasteiger partial charge on any atom is -0.355 e. The second kappa shape index (κ2) is 8.22. The van der Waals surface area contributed by atoms with Gasteiger partial charge < -0.3 is 9.84 Å². The van der Waals surface area contributed by atoms with Crippen molar-refractivity contribution in [3.05, 3.63) is 35.7 Å². The number of piperazine rings is 1. The molecule has 134 valence electrons. The number of carbonyl (C=O) groups excluding carboxylic acids is 1. The molecule has 0 bridgehead atoms. The van der Waals surface area contributed by atoms with Gasteiger partial charge in [-0.05, 0) is 13.8 Å². The van der Waals surface area contributed by atoms with Gasteiger partial charge in [0.05, 0.1) is 13.1 Å². The second-order valence-electron chi connectivity index (χ2n) is 6.38. The molecule has 1 N–H and O–H groups in total. The number of carbonyl (C=O) groups is 1. The Hall–Kier alpha value is -2.25. The lowest BCUT2D eigenvalue weighted by atomic mass is 10.1. The number of hydrogen-bond donors (Lipinski definition) is 1. The zero-order chi connectivity index (χ0) is 17.6. The predicted octanol–water partition coefficient (Wildman–Crippen LogP) is 1.30. The van der Waals surface area contributed by atoms with Crippen LogP contribution in [-0.2, 0) is 11.3 Å². The number of nitrogens with one attached hydrogen (secondary N) is 1. The Labute approximate surface area is 148 Å². The first-order valence-electron chi connectivity index (χ1n) is 8.75. The van der Waals surface area contributed by atoms with Crippen LogP contribution in [0, 0.1) is 6.92 Å². The van der Waals surface area contributed by atoms with Gasteiger partial charge in [-0.25, -0.2) is 0 Å². The molecule has 7 heteroatoms. The molecule has 2 heterocycles. The molecule has 1 amide bonds. The largest absolute Gasteiger partial charge is 0.355 e. The third-order valence-electron chi connectivity index (χ3n) is 4.34. The maximum atomic E-state index is 11.6. The highest BCUT2D eigenvalue weighted by molar-refractivity contribution is 5.77. The van der Waals surface area contributed by atoms with Crippen LogP contribution in [0.3, 0.4) is 0 Å². The summed E-state index contributed by atoms with van der Waals surface area (Å²) in [5.74, 6) is 1.35. The molecular weight excluding hydrogens is 318 g/mol. The zero-order valence-corrected chi connectivity index (χ0v) is 14.9. The number of aryl methyl sites for hydroxylation is 1. The summed E-state index contributed by atoms with van der Waals surface area (Å²) in [6.07, 6.45) is 0. The van der Waals surface area contributed by atoms with Gasteiger partial charge in [-0.15, -0.1) is 0 Å². The monoisotopic (exact) mass is 343 g/mol. The topological polar surface area (TPSA) is 74.5 Å². The van der Waals surface area contributed by atoms with Gasteiger partial charge in [0, 0.05) is 38.3 Å². The molecule has 1 aliphatic rings. The number of amides is 1. The van der Waals surface area contributed by atoms with Crippen LogP contribution in [0.2, 0.25) is 0 Å². The zero-order valence-electron chi connectivity index (χ0n) is 14.9. The first kappa shape index (κ1) is 17.6. The number of likely N-dealkylation sites (N-methyl/N-ethyl adjacent to an activating group) is 1. The lowest BCUT2D eigenvalue weighted by molar-refractivity contribution is -0.122. The normalized spacial score (nSPS) is 16.1. The number of nitrogens with zero attached hydrogens (tertiary/aromatic N) is 4. The molecule has 1 saturated heterocycles. The summed E-state index contributed by atoms with van der Waals surface area (Å²) in [7, 11) is 0. The molecule has 1 fully saturated rings. The Morgan fingerprint density at radius 3 is 2.52 bits per heavy atom. The van der Waals surface area contributed by atoms with E-state index in [1.807, 2.05) is 31.2 Å². The highest BCUT2D eigenvalue weighted by Crippen LogP contribution is 2.17. The minimum atomic E-state index is 0.0931. The fraction of sp³-hybridized carbons (Fsp3) is 0.500. The molecule has 0 aliphatic carbocycles. The van der Waals surface area contributed by atoms with Crippen LogP contribution < -0.4 is 5.32 Å². The average molecular weight is 343 g/mol. The maximum Gasteiger partial charge on any atom is 0.241 e. The van der Waals surface area contributed by atoms with E-state index in [2.05, 4.69) is 32.2 Å². The lowest BCUT2D eigenvalue weighted by Gasteiger charge is -2.33. The van der Waals surface area contributed by atoms with E-state index in [4.69, 9.17) is 4.52 Å². The van der Waals surface area contributed by atoms with E-state index in [9.17, 15) is 4.79 Å². The summed E-state index contributed by atoms with van der Waals surface area (Å²) in [5.41, 5.74) is 2.17. The molecule has 2 aromatic rings. The molecule has 0 atom stereocenters. The number of benzene rings is 1. The Morgan fingerprint density at radius 2 is 1.84 bits per heavy atom. The van der Waals surface area contributed by atoms with Crippen LogP contribution in [0.15, 0.2) is 28.8 Å². The van der Waals surface area contributed by atoms with Crippen LogP contribution in [0.5, 0.6) is 0 Å². The Kier molecular flexibility index (Phi) is 5.78. The van der Waals surface area contributed by atoms with Crippen LogP contribution in [0.1, 0.15) is 18.4 Å². The van der Waals surface area contributed by atoms with Gasteiger partial charge in [-0.3, -0.25) is 14.6 Å². The summed E-state index contributed by atoms with van der Waals surface area (Å²) in [4.78, 5) is 20.6. The SMILES string of the molecule is CCNC(=O)CN1CCN(Cc2nc(-c3ccc(C)cc3)no2)CC1. The van der Waals surface area contributed by atoms with Crippen LogP contribution >= 0.6 is 0 Å². The Balaban J connectivity index is 1.49. The summed E-state index contributed by atoms with van der Waals surface area (Å²) in [6.45, 7) is 9.31. The third-order valence-corrected chi connectivity index (χ3v) is 4.34. The van der Waals surface area contributed by atoms with E-state index in [1.54, 1.807) is 0 Å². The van der Waals surface area contributed by atoms with Gasteiger partial charge in [0.1, 0.15) is 0 Å². The van der Waals surface area contributed by atoms with Crippen LogP contribution in [0.4, 0.5) is 0 Å². The molecule has 1 aromatic carbocycles. The quantitative estimate of drug-likeness (QED) is 0.852. The van der Waals surface area contributed by atoms with Gasteiger partial charge in [0.25, 0.3) is 0 Å². The summed E-state index contributed by atoms with van der Waals surface area (Å²) < 4.78 is 5.39. The van der Waals surface area contributed by atoms with Gasteiger partial charge in [-0.1, -0.05) is 35.0 Å². The molecule has 0 spiro atoms. The van der Waals surface area contributed by atoms with Crippen molar-refractivity contribution in [2.24, 2.45) is 0 Å². The molecule has 1 aromatic heterocycles. The number of hydrogen-bond acceptors (Lipinski definition) is 6. The first-order chi connectivity index (χ1) is 12.1. The van der Waals surface area contributed by atoms with Crippen molar-refractivity contribution in [2.75, 3.05) is 39.3 Å². The minimum absolute atomic E-state index is 0.0931. The smallest absolute Gasteiger partial charge is 0.241 e. The molecule has 0 unspecified atom stereocenters. The summed E-state index contributed by atoms with van der Waals surface area (Å²) in [6, 6.07) is 8.09. The van der Waals surface area contributed by atoms with Crippen molar-refractivity contribution in [2.45, 2.75) is 20.4 Å². The number of aromatic nitrogens is 2. The Bertz CT molecular complexity index is 690. The molecule has 0 saturated carbocycles.